The minimum atomic E-state index is -0.0825. The maximum Gasteiger partial charge on any atom is 0.242 e. The Kier molecular flexibility index (Phi) is 7.23. The number of benzene rings is 1. The molecule has 150 valence electrons. The lowest BCUT2D eigenvalue weighted by Gasteiger charge is -2.37. The van der Waals surface area contributed by atoms with Gasteiger partial charge in [-0.05, 0) is 42.3 Å². The fraction of sp³-hybridized carbons (Fsp3) is 0.455. The van der Waals surface area contributed by atoms with Crippen LogP contribution in [-0.4, -0.2) is 54.5 Å². The van der Waals surface area contributed by atoms with Gasteiger partial charge < -0.3 is 14.5 Å². The van der Waals surface area contributed by atoms with Gasteiger partial charge >= 0.3 is 0 Å². The summed E-state index contributed by atoms with van der Waals surface area (Å²) in [5.41, 5.74) is 2.32. The lowest BCUT2D eigenvalue weighted by molar-refractivity contribution is -0.140. The molecule has 0 aliphatic carbocycles. The van der Waals surface area contributed by atoms with E-state index in [2.05, 4.69) is 23.6 Å². The van der Waals surface area contributed by atoms with Crippen LogP contribution < -0.4 is 0 Å². The first-order valence-corrected chi connectivity index (χ1v) is 10.7. The molecule has 2 amide bonds. The van der Waals surface area contributed by atoms with Crippen molar-refractivity contribution in [3.8, 4) is 0 Å². The summed E-state index contributed by atoms with van der Waals surface area (Å²) in [5.74, 6) is -0.0772. The second-order valence-electron chi connectivity index (χ2n) is 6.94. The van der Waals surface area contributed by atoms with Gasteiger partial charge in [0.2, 0.25) is 11.8 Å². The minimum Gasteiger partial charge on any atom is -0.382 e. The number of hydrogen-bond acceptors (Lipinski definition) is 4. The lowest BCUT2D eigenvalue weighted by atomic mass is 9.93. The van der Waals surface area contributed by atoms with Gasteiger partial charge in [-0.25, -0.2) is 0 Å². The van der Waals surface area contributed by atoms with Crippen LogP contribution in [0.2, 0.25) is 0 Å². The summed E-state index contributed by atoms with van der Waals surface area (Å²) in [6.45, 7) is 6.06. The van der Waals surface area contributed by atoms with Gasteiger partial charge in [0, 0.05) is 38.1 Å². The van der Waals surface area contributed by atoms with Crippen molar-refractivity contribution >= 4 is 23.2 Å². The Labute approximate surface area is 170 Å². The second-order valence-corrected chi connectivity index (χ2v) is 7.94. The summed E-state index contributed by atoms with van der Waals surface area (Å²) in [7, 11) is 0. The summed E-state index contributed by atoms with van der Waals surface area (Å²) in [6.07, 6.45) is 1.60. The summed E-state index contributed by atoms with van der Waals surface area (Å²) < 4.78 is 5.36. The standard InChI is InChI=1S/C22H28N2O3S/c1-3-27-14-7-12-23(17(2)25)16-21(26)24-13-10-20-19(11-15-28-20)22(24)18-8-5-4-6-9-18/h4-6,8-9,11,15,22H,3,7,10,12-14,16H2,1-2H3/t22-/m0/s1. The summed E-state index contributed by atoms with van der Waals surface area (Å²) >= 11 is 1.76. The zero-order chi connectivity index (χ0) is 19.9. The molecule has 6 heteroatoms. The molecule has 2 aromatic rings. The van der Waals surface area contributed by atoms with E-state index in [-0.39, 0.29) is 24.4 Å². The normalized spacial score (nSPS) is 15.9. The molecule has 0 N–H and O–H groups in total. The predicted molar refractivity (Wildman–Crippen MR) is 111 cm³/mol. The highest BCUT2D eigenvalue weighted by Gasteiger charge is 2.33. The number of fused-ring (bicyclic) bond motifs is 1. The monoisotopic (exact) mass is 400 g/mol. The fourth-order valence-corrected chi connectivity index (χ4v) is 4.59. The molecule has 1 atom stereocenters. The molecule has 28 heavy (non-hydrogen) atoms. The van der Waals surface area contributed by atoms with E-state index in [0.29, 0.717) is 26.3 Å². The van der Waals surface area contributed by atoms with E-state index in [1.807, 2.05) is 30.0 Å². The quantitative estimate of drug-likeness (QED) is 0.637. The van der Waals surface area contributed by atoms with Gasteiger partial charge in [0.05, 0.1) is 12.6 Å². The van der Waals surface area contributed by atoms with Crippen molar-refractivity contribution in [3.05, 3.63) is 57.8 Å². The Hall–Kier alpha value is -2.18. The van der Waals surface area contributed by atoms with E-state index in [9.17, 15) is 9.59 Å². The van der Waals surface area contributed by atoms with Crippen LogP contribution in [0.15, 0.2) is 41.8 Å². The third-order valence-corrected chi connectivity index (χ3v) is 6.09. The van der Waals surface area contributed by atoms with Gasteiger partial charge in [0.25, 0.3) is 0 Å². The zero-order valence-corrected chi connectivity index (χ0v) is 17.4. The highest BCUT2D eigenvalue weighted by molar-refractivity contribution is 7.10. The molecule has 0 fully saturated rings. The summed E-state index contributed by atoms with van der Waals surface area (Å²) in [5, 5.41) is 2.10. The largest absolute Gasteiger partial charge is 0.382 e. The van der Waals surface area contributed by atoms with Crippen molar-refractivity contribution in [2.75, 3.05) is 32.8 Å². The lowest BCUT2D eigenvalue weighted by Crippen LogP contribution is -2.46. The van der Waals surface area contributed by atoms with Crippen LogP contribution in [-0.2, 0) is 20.7 Å². The van der Waals surface area contributed by atoms with Crippen LogP contribution >= 0.6 is 11.3 Å². The number of rotatable bonds is 8. The van der Waals surface area contributed by atoms with Crippen LogP contribution in [0.3, 0.4) is 0 Å². The number of carbonyl (C=O) groups excluding carboxylic acids is 2. The minimum absolute atomic E-state index is 0.00249. The van der Waals surface area contributed by atoms with E-state index < -0.39 is 0 Å². The molecular formula is C22H28N2O3S. The number of hydrogen-bond donors (Lipinski definition) is 0. The third-order valence-electron chi connectivity index (χ3n) is 5.09. The number of carbonyl (C=O) groups is 2. The van der Waals surface area contributed by atoms with Gasteiger partial charge in [0.1, 0.15) is 0 Å². The first-order valence-electron chi connectivity index (χ1n) is 9.85. The SMILES string of the molecule is CCOCCCN(CC(=O)N1CCc2sccc2[C@@H]1c1ccccc1)C(C)=O. The zero-order valence-electron chi connectivity index (χ0n) is 16.6. The van der Waals surface area contributed by atoms with Gasteiger partial charge in [-0.2, -0.15) is 0 Å². The van der Waals surface area contributed by atoms with Crippen LogP contribution in [0.25, 0.3) is 0 Å². The number of ether oxygens (including phenoxy) is 1. The molecule has 5 nitrogen and oxygen atoms in total. The molecule has 0 radical (unpaired) electrons. The van der Waals surface area contributed by atoms with E-state index in [0.717, 1.165) is 18.4 Å². The average Bonchev–Trinajstić information content (AvgIpc) is 3.18. The molecule has 0 bridgehead atoms. The smallest absolute Gasteiger partial charge is 0.242 e. The first kappa shape index (κ1) is 20.6. The molecule has 3 rings (SSSR count). The third kappa shape index (κ3) is 4.80. The van der Waals surface area contributed by atoms with Gasteiger partial charge in [0.15, 0.2) is 0 Å². The van der Waals surface area contributed by atoms with Gasteiger partial charge in [-0.3, -0.25) is 9.59 Å². The maximum atomic E-state index is 13.2. The van der Waals surface area contributed by atoms with Crippen LogP contribution in [0.5, 0.6) is 0 Å². The summed E-state index contributed by atoms with van der Waals surface area (Å²) in [4.78, 5) is 30.2. The molecule has 1 aromatic carbocycles. The Balaban J connectivity index is 1.76. The number of amides is 2. The van der Waals surface area contributed by atoms with Gasteiger partial charge in [-0.1, -0.05) is 30.3 Å². The van der Waals surface area contributed by atoms with Crippen molar-refractivity contribution in [2.45, 2.75) is 32.7 Å². The average molecular weight is 401 g/mol. The van der Waals surface area contributed by atoms with Crippen molar-refractivity contribution in [1.82, 2.24) is 9.80 Å². The predicted octanol–water partition coefficient (Wildman–Crippen LogP) is 3.50. The van der Waals surface area contributed by atoms with Crippen molar-refractivity contribution in [2.24, 2.45) is 0 Å². The van der Waals surface area contributed by atoms with Crippen LogP contribution in [0, 0.1) is 0 Å². The van der Waals surface area contributed by atoms with Crippen LogP contribution in [0.4, 0.5) is 0 Å². The Morgan fingerprint density at radius 2 is 2.04 bits per heavy atom. The number of nitrogens with zero attached hydrogens (tertiary/aromatic N) is 2. The van der Waals surface area contributed by atoms with Crippen molar-refractivity contribution < 1.29 is 14.3 Å². The Morgan fingerprint density at radius 1 is 1.25 bits per heavy atom. The second kappa shape index (κ2) is 9.85. The molecule has 1 aromatic heterocycles. The maximum absolute atomic E-state index is 13.2. The van der Waals surface area contributed by atoms with Gasteiger partial charge in [-0.15, -0.1) is 11.3 Å². The molecule has 1 aliphatic rings. The molecule has 0 spiro atoms. The highest BCUT2D eigenvalue weighted by Crippen LogP contribution is 2.37. The molecular weight excluding hydrogens is 372 g/mol. The Bertz CT molecular complexity index is 790. The van der Waals surface area contributed by atoms with E-state index in [1.165, 1.54) is 17.4 Å². The van der Waals surface area contributed by atoms with E-state index in [4.69, 9.17) is 4.74 Å². The topological polar surface area (TPSA) is 49.9 Å². The Morgan fingerprint density at radius 3 is 2.75 bits per heavy atom. The molecule has 0 saturated heterocycles. The van der Waals surface area contributed by atoms with Crippen LogP contribution in [0.1, 0.15) is 42.3 Å². The first-order chi connectivity index (χ1) is 13.6. The van der Waals surface area contributed by atoms with Crippen molar-refractivity contribution in [1.29, 1.82) is 0 Å². The summed E-state index contributed by atoms with van der Waals surface area (Å²) in [6, 6.07) is 12.2. The molecule has 1 aliphatic heterocycles. The molecule has 0 unspecified atom stereocenters. The number of thiophene rings is 1. The molecule has 0 saturated carbocycles. The fourth-order valence-electron chi connectivity index (χ4n) is 3.68. The van der Waals surface area contributed by atoms with E-state index in [1.54, 1.807) is 16.2 Å². The van der Waals surface area contributed by atoms with E-state index >= 15 is 0 Å². The highest BCUT2D eigenvalue weighted by atomic mass is 32.1. The van der Waals surface area contributed by atoms with Crippen molar-refractivity contribution in [3.63, 3.8) is 0 Å². The molecule has 2 heterocycles.